The first kappa shape index (κ1) is 23.2. The van der Waals surface area contributed by atoms with E-state index >= 15 is 0 Å². The minimum Gasteiger partial charge on any atom is -0.325 e. The number of sulfonamides is 1. The van der Waals surface area contributed by atoms with Crippen LogP contribution >= 0.6 is 0 Å². The van der Waals surface area contributed by atoms with Crippen LogP contribution in [0.2, 0.25) is 0 Å². The van der Waals surface area contributed by atoms with Crippen LogP contribution in [0.25, 0.3) is 0 Å². The second-order valence-corrected chi connectivity index (χ2v) is 10.0. The van der Waals surface area contributed by atoms with E-state index < -0.39 is 10.0 Å². The standard InChI is InChI=1S/C23H30FN3O3S/c1-15-13-16(2)18(4)22(17(15)3)31(29,30)25-14-19-9-11-27(12-10-19)23(28)26-21-7-5-20(24)6-8-21/h5-8,13,19,25H,9-12,14H2,1-4H3,(H,26,28). The van der Waals surface area contributed by atoms with Crippen molar-refractivity contribution in [1.82, 2.24) is 9.62 Å². The molecule has 168 valence electrons. The molecule has 31 heavy (non-hydrogen) atoms. The van der Waals surface area contributed by atoms with Gasteiger partial charge in [0.15, 0.2) is 0 Å². The number of rotatable bonds is 5. The number of carbonyl (C=O) groups is 1. The SMILES string of the molecule is Cc1cc(C)c(C)c(S(=O)(=O)NCC2CCN(C(=O)Nc3ccc(F)cc3)CC2)c1C. The van der Waals surface area contributed by atoms with Crippen LogP contribution in [0, 0.1) is 39.4 Å². The summed E-state index contributed by atoms with van der Waals surface area (Å²) in [6.07, 6.45) is 1.42. The third kappa shape index (κ3) is 5.43. The van der Waals surface area contributed by atoms with E-state index in [1.54, 1.807) is 4.90 Å². The Kier molecular flexibility index (Phi) is 7.01. The van der Waals surface area contributed by atoms with E-state index in [-0.39, 0.29) is 17.8 Å². The number of piperidine rings is 1. The minimum atomic E-state index is -3.61. The molecule has 0 unspecified atom stereocenters. The van der Waals surface area contributed by atoms with E-state index in [0.29, 0.717) is 43.1 Å². The van der Waals surface area contributed by atoms with Crippen molar-refractivity contribution in [2.75, 3.05) is 25.0 Å². The van der Waals surface area contributed by atoms with E-state index in [2.05, 4.69) is 10.0 Å². The molecule has 2 N–H and O–H groups in total. The molecule has 1 heterocycles. The number of hydrogen-bond donors (Lipinski definition) is 2. The van der Waals surface area contributed by atoms with E-state index in [0.717, 1.165) is 22.3 Å². The highest BCUT2D eigenvalue weighted by atomic mass is 32.2. The van der Waals surface area contributed by atoms with Crippen molar-refractivity contribution >= 4 is 21.7 Å². The lowest BCUT2D eigenvalue weighted by Crippen LogP contribution is -2.43. The van der Waals surface area contributed by atoms with Crippen molar-refractivity contribution in [1.29, 1.82) is 0 Å². The molecule has 1 saturated heterocycles. The zero-order valence-electron chi connectivity index (χ0n) is 18.5. The van der Waals surface area contributed by atoms with Crippen LogP contribution < -0.4 is 10.0 Å². The Morgan fingerprint density at radius 3 is 2.13 bits per heavy atom. The number of halogens is 1. The summed E-state index contributed by atoms with van der Waals surface area (Å²) in [6.45, 7) is 8.97. The first-order valence-corrected chi connectivity index (χ1v) is 12.0. The fourth-order valence-corrected chi connectivity index (χ4v) is 5.69. The molecule has 0 spiro atoms. The third-order valence-electron chi connectivity index (χ3n) is 6.13. The summed E-state index contributed by atoms with van der Waals surface area (Å²) in [5.41, 5.74) is 4.03. The Balaban J connectivity index is 1.55. The van der Waals surface area contributed by atoms with Crippen LogP contribution in [0.3, 0.4) is 0 Å². The Morgan fingerprint density at radius 1 is 1.03 bits per heavy atom. The Hall–Kier alpha value is -2.45. The molecule has 2 aromatic rings. The number of nitrogens with zero attached hydrogens (tertiary/aromatic N) is 1. The molecule has 3 rings (SSSR count). The van der Waals surface area contributed by atoms with E-state index in [1.165, 1.54) is 24.3 Å². The first-order chi connectivity index (χ1) is 14.6. The number of anilines is 1. The van der Waals surface area contributed by atoms with Crippen molar-refractivity contribution in [3.63, 3.8) is 0 Å². The lowest BCUT2D eigenvalue weighted by Gasteiger charge is -2.32. The quantitative estimate of drug-likeness (QED) is 0.718. The number of aryl methyl sites for hydroxylation is 2. The van der Waals surface area contributed by atoms with Gasteiger partial charge in [-0.2, -0.15) is 0 Å². The molecule has 2 aromatic carbocycles. The van der Waals surface area contributed by atoms with Gasteiger partial charge in [0.25, 0.3) is 0 Å². The van der Waals surface area contributed by atoms with Crippen LogP contribution in [-0.2, 0) is 10.0 Å². The molecule has 0 radical (unpaired) electrons. The molecule has 0 saturated carbocycles. The molecule has 0 aromatic heterocycles. The highest BCUT2D eigenvalue weighted by molar-refractivity contribution is 7.89. The second kappa shape index (κ2) is 9.36. The zero-order chi connectivity index (χ0) is 22.8. The maximum Gasteiger partial charge on any atom is 0.321 e. The zero-order valence-corrected chi connectivity index (χ0v) is 19.3. The van der Waals surface area contributed by atoms with Crippen molar-refractivity contribution in [2.45, 2.75) is 45.4 Å². The highest BCUT2D eigenvalue weighted by Gasteiger charge is 2.26. The molecule has 0 bridgehead atoms. The molecule has 6 nitrogen and oxygen atoms in total. The van der Waals surface area contributed by atoms with Gasteiger partial charge in [-0.15, -0.1) is 0 Å². The van der Waals surface area contributed by atoms with Gasteiger partial charge in [0.05, 0.1) is 4.90 Å². The van der Waals surface area contributed by atoms with Crippen LogP contribution in [0.5, 0.6) is 0 Å². The average Bonchev–Trinajstić information content (AvgIpc) is 2.73. The molecule has 1 aliphatic heterocycles. The lowest BCUT2D eigenvalue weighted by molar-refractivity contribution is 0.183. The molecule has 8 heteroatoms. The van der Waals surface area contributed by atoms with Crippen molar-refractivity contribution in [3.05, 3.63) is 58.4 Å². The summed E-state index contributed by atoms with van der Waals surface area (Å²) >= 11 is 0. The number of hydrogen-bond acceptors (Lipinski definition) is 3. The van der Waals surface area contributed by atoms with Crippen molar-refractivity contribution < 1.29 is 17.6 Å². The molecular formula is C23H30FN3O3S. The summed E-state index contributed by atoms with van der Waals surface area (Å²) in [5.74, 6) is -0.191. The minimum absolute atomic E-state index is 0.163. The van der Waals surface area contributed by atoms with Gasteiger partial charge >= 0.3 is 6.03 Å². The fourth-order valence-electron chi connectivity index (χ4n) is 3.96. The van der Waals surface area contributed by atoms with Gasteiger partial charge in [-0.25, -0.2) is 22.3 Å². The Morgan fingerprint density at radius 2 is 1.58 bits per heavy atom. The number of benzene rings is 2. The van der Waals surface area contributed by atoms with Gasteiger partial charge in [-0.3, -0.25) is 0 Å². The van der Waals surface area contributed by atoms with E-state index in [4.69, 9.17) is 0 Å². The van der Waals surface area contributed by atoms with Crippen molar-refractivity contribution in [3.8, 4) is 0 Å². The van der Waals surface area contributed by atoms with Gasteiger partial charge in [0.1, 0.15) is 5.82 Å². The van der Waals surface area contributed by atoms with Gasteiger partial charge in [-0.1, -0.05) is 6.07 Å². The predicted molar refractivity (Wildman–Crippen MR) is 120 cm³/mol. The molecule has 2 amide bonds. The number of urea groups is 1. The largest absolute Gasteiger partial charge is 0.325 e. The topological polar surface area (TPSA) is 78.5 Å². The lowest BCUT2D eigenvalue weighted by atomic mass is 9.97. The highest BCUT2D eigenvalue weighted by Crippen LogP contribution is 2.26. The third-order valence-corrected chi connectivity index (χ3v) is 7.82. The predicted octanol–water partition coefficient (Wildman–Crippen LogP) is 4.28. The van der Waals surface area contributed by atoms with Gasteiger partial charge in [0, 0.05) is 25.3 Å². The smallest absolute Gasteiger partial charge is 0.321 e. The van der Waals surface area contributed by atoms with Gasteiger partial charge in [0.2, 0.25) is 10.0 Å². The summed E-state index contributed by atoms with van der Waals surface area (Å²) in [7, 11) is -3.61. The number of carbonyl (C=O) groups excluding carboxylic acids is 1. The molecule has 0 atom stereocenters. The van der Waals surface area contributed by atoms with Crippen LogP contribution in [0.1, 0.15) is 35.1 Å². The van der Waals surface area contributed by atoms with E-state index in [9.17, 15) is 17.6 Å². The summed E-state index contributed by atoms with van der Waals surface area (Å²) in [4.78, 5) is 14.5. The molecular weight excluding hydrogens is 417 g/mol. The van der Waals surface area contributed by atoms with Crippen LogP contribution in [0.15, 0.2) is 35.2 Å². The molecule has 1 aliphatic rings. The van der Waals surface area contributed by atoms with Gasteiger partial charge in [-0.05, 0) is 93.0 Å². The summed E-state index contributed by atoms with van der Waals surface area (Å²) in [5, 5.41) is 2.76. The van der Waals surface area contributed by atoms with E-state index in [1.807, 2.05) is 33.8 Å². The average molecular weight is 448 g/mol. The maximum absolute atomic E-state index is 13.0. The van der Waals surface area contributed by atoms with Crippen LogP contribution in [0.4, 0.5) is 14.9 Å². The number of amides is 2. The number of likely N-dealkylation sites (tertiary alicyclic amines) is 1. The normalized spacial score (nSPS) is 15.2. The second-order valence-electron chi connectivity index (χ2n) is 8.31. The maximum atomic E-state index is 13.0. The van der Waals surface area contributed by atoms with Crippen molar-refractivity contribution in [2.24, 2.45) is 5.92 Å². The summed E-state index contributed by atoms with van der Waals surface area (Å²) in [6, 6.07) is 7.42. The molecule has 0 aliphatic carbocycles. The monoisotopic (exact) mass is 447 g/mol. The molecule has 1 fully saturated rings. The fraction of sp³-hybridized carbons (Fsp3) is 0.435. The Bertz CT molecular complexity index is 1030. The van der Waals surface area contributed by atoms with Gasteiger partial charge < -0.3 is 10.2 Å². The number of nitrogens with one attached hydrogen (secondary N) is 2. The first-order valence-electron chi connectivity index (χ1n) is 10.5. The Labute approximate surface area is 183 Å². The van der Waals surface area contributed by atoms with Crippen LogP contribution in [-0.4, -0.2) is 39.0 Å². The summed E-state index contributed by atoms with van der Waals surface area (Å²) < 4.78 is 41.8.